The van der Waals surface area contributed by atoms with Gasteiger partial charge in [-0.3, -0.25) is 4.79 Å². The van der Waals surface area contributed by atoms with Crippen LogP contribution in [0.25, 0.3) is 11.0 Å². The fourth-order valence-electron chi connectivity index (χ4n) is 3.42. The third-order valence-electron chi connectivity index (χ3n) is 5.10. The van der Waals surface area contributed by atoms with E-state index in [1.54, 1.807) is 0 Å². The van der Waals surface area contributed by atoms with Crippen molar-refractivity contribution in [3.8, 4) is 0 Å². The van der Waals surface area contributed by atoms with Crippen molar-refractivity contribution < 1.29 is 4.79 Å². The van der Waals surface area contributed by atoms with Crippen molar-refractivity contribution in [1.29, 1.82) is 0 Å². The lowest BCUT2D eigenvalue weighted by molar-refractivity contribution is -0.126. The van der Waals surface area contributed by atoms with E-state index in [0.717, 1.165) is 55.9 Å². The molecule has 3 rings (SSSR count). The van der Waals surface area contributed by atoms with E-state index in [-0.39, 0.29) is 17.9 Å². The number of fused-ring (bicyclic) bond motifs is 1. The number of carbonyl (C=O) groups is 1. The molecule has 25 heavy (non-hydrogen) atoms. The summed E-state index contributed by atoms with van der Waals surface area (Å²) in [6.07, 6.45) is 4.62. The maximum absolute atomic E-state index is 12.4. The number of para-hydroxylation sites is 2. The minimum absolute atomic E-state index is 0.113. The third kappa shape index (κ3) is 3.70. The third-order valence-corrected chi connectivity index (χ3v) is 5.10. The van der Waals surface area contributed by atoms with Gasteiger partial charge in [0.2, 0.25) is 11.9 Å². The topological polar surface area (TPSA) is 50.2 Å². The number of imidazole rings is 1. The minimum Gasteiger partial charge on any atom is -0.353 e. The Morgan fingerprint density at radius 1 is 1.40 bits per heavy atom. The van der Waals surface area contributed by atoms with E-state index >= 15 is 0 Å². The van der Waals surface area contributed by atoms with Crippen LogP contribution in [0.1, 0.15) is 33.1 Å². The molecule has 1 saturated heterocycles. The predicted molar refractivity (Wildman–Crippen MR) is 103 cm³/mol. The molecule has 5 nitrogen and oxygen atoms in total. The first-order valence-corrected chi connectivity index (χ1v) is 9.25. The molecule has 5 heteroatoms. The zero-order valence-electron chi connectivity index (χ0n) is 15.2. The molecule has 1 amide bonds. The molecule has 0 bridgehead atoms. The van der Waals surface area contributed by atoms with Crippen LogP contribution in [-0.2, 0) is 11.3 Å². The second-order valence-corrected chi connectivity index (χ2v) is 6.88. The number of carbonyl (C=O) groups excluding carboxylic acids is 1. The van der Waals surface area contributed by atoms with Gasteiger partial charge in [-0.15, -0.1) is 6.58 Å². The standard InChI is InChI=1S/C20H28N4O/c1-4-12-24-18-9-7-6-8-17(18)22-20(24)23-13-10-16(11-14-23)19(25)21-15(3)5-2/h4,6-9,15-16H,1,5,10-14H2,2-3H3,(H,21,25)/t15-/m0/s1. The van der Waals surface area contributed by atoms with Crippen molar-refractivity contribution in [3.05, 3.63) is 36.9 Å². The molecule has 1 N–H and O–H groups in total. The first-order valence-electron chi connectivity index (χ1n) is 9.25. The van der Waals surface area contributed by atoms with Gasteiger partial charge in [0.15, 0.2) is 0 Å². The summed E-state index contributed by atoms with van der Waals surface area (Å²) >= 11 is 0. The van der Waals surface area contributed by atoms with Crippen molar-refractivity contribution >= 4 is 22.9 Å². The largest absolute Gasteiger partial charge is 0.353 e. The van der Waals surface area contributed by atoms with E-state index in [1.165, 1.54) is 0 Å². The van der Waals surface area contributed by atoms with Crippen LogP contribution in [0.3, 0.4) is 0 Å². The summed E-state index contributed by atoms with van der Waals surface area (Å²) < 4.78 is 2.21. The van der Waals surface area contributed by atoms with Gasteiger partial charge in [-0.05, 0) is 38.3 Å². The fraction of sp³-hybridized carbons (Fsp3) is 0.500. The maximum atomic E-state index is 12.4. The highest BCUT2D eigenvalue weighted by atomic mass is 16.1. The Morgan fingerprint density at radius 2 is 2.12 bits per heavy atom. The van der Waals surface area contributed by atoms with Gasteiger partial charge in [0.25, 0.3) is 0 Å². The van der Waals surface area contributed by atoms with E-state index in [1.807, 2.05) is 24.3 Å². The van der Waals surface area contributed by atoms with Crippen LogP contribution in [-0.4, -0.2) is 34.6 Å². The summed E-state index contributed by atoms with van der Waals surface area (Å²) in [5.74, 6) is 1.30. The summed E-state index contributed by atoms with van der Waals surface area (Å²) in [6.45, 7) is 10.5. The molecule has 0 spiro atoms. The number of nitrogens with one attached hydrogen (secondary N) is 1. The summed E-state index contributed by atoms with van der Waals surface area (Å²) in [5, 5.41) is 3.12. The summed E-state index contributed by atoms with van der Waals surface area (Å²) in [7, 11) is 0. The second kappa shape index (κ2) is 7.72. The number of benzene rings is 1. The molecule has 1 aromatic carbocycles. The van der Waals surface area contributed by atoms with Crippen LogP contribution >= 0.6 is 0 Å². The molecule has 2 aromatic rings. The van der Waals surface area contributed by atoms with E-state index in [2.05, 4.69) is 41.3 Å². The lowest BCUT2D eigenvalue weighted by Crippen LogP contribution is -2.43. The van der Waals surface area contributed by atoms with Crippen LogP contribution in [0.2, 0.25) is 0 Å². The van der Waals surface area contributed by atoms with Gasteiger partial charge >= 0.3 is 0 Å². The highest BCUT2D eigenvalue weighted by Crippen LogP contribution is 2.27. The number of allylic oxidation sites excluding steroid dienone is 1. The number of nitrogens with zero attached hydrogens (tertiary/aromatic N) is 3. The summed E-state index contributed by atoms with van der Waals surface area (Å²) in [4.78, 5) is 19.5. The Kier molecular flexibility index (Phi) is 5.41. The van der Waals surface area contributed by atoms with Crippen molar-refractivity contribution in [1.82, 2.24) is 14.9 Å². The molecule has 1 aliphatic rings. The average Bonchev–Trinajstić information content (AvgIpc) is 3.01. The zero-order valence-corrected chi connectivity index (χ0v) is 15.2. The molecule has 1 aromatic heterocycles. The van der Waals surface area contributed by atoms with Crippen LogP contribution in [0, 0.1) is 5.92 Å². The number of aromatic nitrogens is 2. The normalized spacial score (nSPS) is 16.8. The van der Waals surface area contributed by atoms with Crippen LogP contribution < -0.4 is 10.2 Å². The van der Waals surface area contributed by atoms with Crippen molar-refractivity contribution in [2.24, 2.45) is 5.92 Å². The molecule has 0 radical (unpaired) electrons. The molecular formula is C20H28N4O. The summed E-state index contributed by atoms with van der Waals surface area (Å²) in [6, 6.07) is 8.45. The molecular weight excluding hydrogens is 312 g/mol. The molecule has 134 valence electrons. The van der Waals surface area contributed by atoms with E-state index < -0.39 is 0 Å². The lowest BCUT2D eigenvalue weighted by atomic mass is 9.95. The molecule has 1 aliphatic heterocycles. The van der Waals surface area contributed by atoms with Gasteiger partial charge in [-0.1, -0.05) is 25.1 Å². The Hall–Kier alpha value is -2.30. The molecule has 0 saturated carbocycles. The fourth-order valence-corrected chi connectivity index (χ4v) is 3.42. The number of rotatable bonds is 6. The summed E-state index contributed by atoms with van der Waals surface area (Å²) in [5.41, 5.74) is 2.14. The van der Waals surface area contributed by atoms with Gasteiger partial charge in [-0.2, -0.15) is 0 Å². The number of hydrogen-bond donors (Lipinski definition) is 1. The van der Waals surface area contributed by atoms with Crippen molar-refractivity contribution in [2.45, 2.75) is 45.7 Å². The smallest absolute Gasteiger partial charge is 0.223 e. The second-order valence-electron chi connectivity index (χ2n) is 6.88. The molecule has 0 aliphatic carbocycles. The number of anilines is 1. The number of amides is 1. The number of hydrogen-bond acceptors (Lipinski definition) is 3. The monoisotopic (exact) mass is 340 g/mol. The lowest BCUT2D eigenvalue weighted by Gasteiger charge is -2.32. The van der Waals surface area contributed by atoms with Gasteiger partial charge < -0.3 is 14.8 Å². The van der Waals surface area contributed by atoms with Gasteiger partial charge in [0, 0.05) is 31.6 Å². The highest BCUT2D eigenvalue weighted by molar-refractivity contribution is 5.80. The molecule has 0 unspecified atom stereocenters. The first kappa shape index (κ1) is 17.5. The van der Waals surface area contributed by atoms with E-state index in [9.17, 15) is 4.79 Å². The number of piperidine rings is 1. The van der Waals surface area contributed by atoms with Crippen LogP contribution in [0.5, 0.6) is 0 Å². The van der Waals surface area contributed by atoms with E-state index in [4.69, 9.17) is 4.98 Å². The molecule has 2 heterocycles. The Balaban J connectivity index is 1.73. The van der Waals surface area contributed by atoms with Crippen LogP contribution in [0.15, 0.2) is 36.9 Å². The SMILES string of the molecule is C=CCn1c(N2CCC(C(=O)N[C@@H](C)CC)CC2)nc2ccccc21. The Labute approximate surface area is 149 Å². The average molecular weight is 340 g/mol. The van der Waals surface area contributed by atoms with Crippen molar-refractivity contribution in [2.75, 3.05) is 18.0 Å². The van der Waals surface area contributed by atoms with Crippen LogP contribution in [0.4, 0.5) is 5.95 Å². The predicted octanol–water partition coefficient (Wildman–Crippen LogP) is 3.35. The van der Waals surface area contributed by atoms with E-state index in [0.29, 0.717) is 0 Å². The first-order chi connectivity index (χ1) is 12.1. The van der Waals surface area contributed by atoms with Crippen molar-refractivity contribution in [3.63, 3.8) is 0 Å². The zero-order chi connectivity index (χ0) is 17.8. The highest BCUT2D eigenvalue weighted by Gasteiger charge is 2.27. The van der Waals surface area contributed by atoms with Gasteiger partial charge in [0.05, 0.1) is 11.0 Å². The quantitative estimate of drug-likeness (QED) is 0.821. The Bertz CT molecular complexity index is 743. The molecule has 1 fully saturated rings. The molecule has 1 atom stereocenters. The maximum Gasteiger partial charge on any atom is 0.223 e. The van der Waals surface area contributed by atoms with Gasteiger partial charge in [0.1, 0.15) is 0 Å². The van der Waals surface area contributed by atoms with Gasteiger partial charge in [-0.25, -0.2) is 4.98 Å². The minimum atomic E-state index is 0.113. The Morgan fingerprint density at radius 3 is 2.80 bits per heavy atom.